The van der Waals surface area contributed by atoms with Gasteiger partial charge in [0.2, 0.25) is 0 Å². The molecule has 0 spiro atoms. The lowest BCUT2D eigenvalue weighted by Gasteiger charge is -2.14. The zero-order valence-corrected chi connectivity index (χ0v) is 7.03. The van der Waals surface area contributed by atoms with E-state index in [4.69, 9.17) is 5.11 Å². The fourth-order valence-electron chi connectivity index (χ4n) is 0.983. The topological polar surface area (TPSA) is 40.5 Å². The summed E-state index contributed by atoms with van der Waals surface area (Å²) in [5.74, 6) is -0.921. The van der Waals surface area contributed by atoms with Gasteiger partial charge in [-0.15, -0.1) is 0 Å². The van der Waals surface area contributed by atoms with Crippen LogP contribution in [0.3, 0.4) is 0 Å². The Balaban J connectivity index is 3.17. The Morgan fingerprint density at radius 1 is 1.58 bits per heavy atom. The lowest BCUT2D eigenvalue weighted by atomic mass is 10.2. The number of aromatic carboxylic acids is 1. The van der Waals surface area contributed by atoms with Gasteiger partial charge in [-0.05, 0) is 18.2 Å². The predicted molar refractivity (Wildman–Crippen MR) is 46.6 cm³/mol. The zero-order valence-electron chi connectivity index (χ0n) is 7.03. The fraction of sp³-hybridized carbons (Fsp3) is 0.222. The molecule has 1 aromatic carbocycles. The number of hydrogen-bond acceptors (Lipinski definition) is 2. The number of anilines is 1. The highest BCUT2D eigenvalue weighted by atomic mass is 16.4. The molecule has 0 unspecified atom stereocenters. The Kier molecular flexibility index (Phi) is 2.33. The second-order valence-electron chi connectivity index (χ2n) is 2.64. The molecular formula is C9H10NO2. The first-order chi connectivity index (χ1) is 5.63. The number of nitrogens with zero attached hydrogens (tertiary/aromatic N) is 1. The van der Waals surface area contributed by atoms with E-state index < -0.39 is 5.97 Å². The predicted octanol–water partition coefficient (Wildman–Crippen LogP) is 1.25. The Morgan fingerprint density at radius 3 is 2.67 bits per heavy atom. The van der Waals surface area contributed by atoms with Crippen LogP contribution in [0.1, 0.15) is 10.4 Å². The summed E-state index contributed by atoms with van der Waals surface area (Å²) in [4.78, 5) is 12.4. The van der Waals surface area contributed by atoms with Gasteiger partial charge in [-0.25, -0.2) is 4.79 Å². The largest absolute Gasteiger partial charge is 0.478 e. The van der Waals surface area contributed by atoms with Crippen molar-refractivity contribution >= 4 is 11.7 Å². The first-order valence-electron chi connectivity index (χ1n) is 3.53. The van der Waals surface area contributed by atoms with Gasteiger partial charge in [0.15, 0.2) is 0 Å². The summed E-state index contributed by atoms with van der Waals surface area (Å²) in [6, 6.07) is 7.62. The monoisotopic (exact) mass is 164 g/mol. The highest BCUT2D eigenvalue weighted by molar-refractivity contribution is 5.94. The second kappa shape index (κ2) is 3.26. The van der Waals surface area contributed by atoms with Gasteiger partial charge in [-0.3, -0.25) is 0 Å². The molecule has 12 heavy (non-hydrogen) atoms. The number of hydrogen-bond donors (Lipinski definition) is 1. The maximum Gasteiger partial charge on any atom is 0.337 e. The highest BCUT2D eigenvalue weighted by Gasteiger charge is 2.09. The van der Waals surface area contributed by atoms with Crippen LogP contribution in [-0.2, 0) is 0 Å². The van der Waals surface area contributed by atoms with Gasteiger partial charge in [-0.1, -0.05) is 6.07 Å². The minimum absolute atomic E-state index is 0.280. The first kappa shape index (κ1) is 8.59. The van der Waals surface area contributed by atoms with E-state index in [9.17, 15) is 4.79 Å². The molecule has 0 aromatic heterocycles. The summed E-state index contributed by atoms with van der Waals surface area (Å²) in [5, 5.41) is 8.77. The Labute approximate surface area is 71.2 Å². The molecule has 0 amide bonds. The highest BCUT2D eigenvalue weighted by Crippen LogP contribution is 2.16. The zero-order chi connectivity index (χ0) is 9.14. The van der Waals surface area contributed by atoms with Crippen molar-refractivity contribution in [2.24, 2.45) is 0 Å². The lowest BCUT2D eigenvalue weighted by molar-refractivity contribution is 0.0697. The molecule has 1 N–H and O–H groups in total. The average molecular weight is 164 g/mol. The molecule has 0 saturated carbocycles. The molecule has 1 radical (unpaired) electrons. The molecule has 63 valence electrons. The number of rotatable bonds is 2. The molecule has 0 aliphatic carbocycles. The summed E-state index contributed by atoms with van der Waals surface area (Å²) >= 11 is 0. The molecule has 0 aliphatic heterocycles. The van der Waals surface area contributed by atoms with E-state index in [0.29, 0.717) is 5.69 Å². The number of carboxylic acid groups (broad SMARTS) is 1. The van der Waals surface area contributed by atoms with Crippen LogP contribution in [0, 0.1) is 6.07 Å². The first-order valence-corrected chi connectivity index (χ1v) is 3.53. The summed E-state index contributed by atoms with van der Waals surface area (Å²) in [6.07, 6.45) is 0. The molecule has 0 atom stereocenters. The molecule has 0 heterocycles. The van der Waals surface area contributed by atoms with Crippen LogP contribution in [0.5, 0.6) is 0 Å². The summed E-state index contributed by atoms with van der Waals surface area (Å²) in [7, 11) is 3.61. The van der Waals surface area contributed by atoms with Crippen LogP contribution in [0.25, 0.3) is 0 Å². The van der Waals surface area contributed by atoms with E-state index in [-0.39, 0.29) is 5.56 Å². The molecule has 3 heteroatoms. The number of benzene rings is 1. The van der Waals surface area contributed by atoms with Gasteiger partial charge < -0.3 is 10.0 Å². The average Bonchev–Trinajstić information content (AvgIpc) is 2.04. The third-order valence-corrected chi connectivity index (χ3v) is 1.55. The van der Waals surface area contributed by atoms with Crippen LogP contribution in [0.2, 0.25) is 0 Å². The van der Waals surface area contributed by atoms with Gasteiger partial charge in [-0.2, -0.15) is 0 Å². The normalized spacial score (nSPS) is 9.50. The SMILES string of the molecule is CN(C)c1cc[c]cc1C(=O)O. The van der Waals surface area contributed by atoms with Crippen LogP contribution in [0.15, 0.2) is 18.2 Å². The van der Waals surface area contributed by atoms with E-state index in [1.165, 1.54) is 6.07 Å². The van der Waals surface area contributed by atoms with E-state index >= 15 is 0 Å². The molecule has 0 fully saturated rings. The van der Waals surface area contributed by atoms with Crippen molar-refractivity contribution in [3.63, 3.8) is 0 Å². The molecule has 1 rings (SSSR count). The van der Waals surface area contributed by atoms with E-state index in [1.54, 1.807) is 17.0 Å². The van der Waals surface area contributed by atoms with Crippen molar-refractivity contribution in [2.75, 3.05) is 19.0 Å². The lowest BCUT2D eigenvalue weighted by Crippen LogP contribution is -2.13. The standard InChI is InChI=1S/C9H10NO2/c1-10(2)8-6-4-3-5-7(8)9(11)12/h4-6H,1-2H3,(H,11,12). The van der Waals surface area contributed by atoms with E-state index in [1.807, 2.05) is 14.1 Å². The van der Waals surface area contributed by atoms with Crippen molar-refractivity contribution in [1.82, 2.24) is 0 Å². The maximum absolute atomic E-state index is 10.7. The molecule has 3 nitrogen and oxygen atoms in total. The summed E-state index contributed by atoms with van der Waals surface area (Å²) in [6.45, 7) is 0. The Bertz CT molecular complexity index is 294. The maximum atomic E-state index is 10.7. The minimum Gasteiger partial charge on any atom is -0.478 e. The van der Waals surface area contributed by atoms with Crippen LogP contribution < -0.4 is 4.90 Å². The van der Waals surface area contributed by atoms with Crippen molar-refractivity contribution in [1.29, 1.82) is 0 Å². The van der Waals surface area contributed by atoms with Crippen LogP contribution in [0.4, 0.5) is 5.69 Å². The van der Waals surface area contributed by atoms with Gasteiger partial charge in [0, 0.05) is 14.1 Å². The molecule has 1 aromatic rings. The molecular weight excluding hydrogens is 154 g/mol. The van der Waals surface area contributed by atoms with Gasteiger partial charge in [0.1, 0.15) is 0 Å². The molecule has 0 aliphatic rings. The molecule has 0 bridgehead atoms. The second-order valence-corrected chi connectivity index (χ2v) is 2.64. The van der Waals surface area contributed by atoms with Crippen LogP contribution >= 0.6 is 0 Å². The van der Waals surface area contributed by atoms with Crippen molar-refractivity contribution in [3.8, 4) is 0 Å². The van der Waals surface area contributed by atoms with Gasteiger partial charge in [0.25, 0.3) is 0 Å². The smallest absolute Gasteiger partial charge is 0.337 e. The number of carboxylic acids is 1. The number of carbonyl (C=O) groups is 1. The van der Waals surface area contributed by atoms with Crippen molar-refractivity contribution < 1.29 is 9.90 Å². The Hall–Kier alpha value is -1.51. The molecule has 0 saturated heterocycles. The third-order valence-electron chi connectivity index (χ3n) is 1.55. The van der Waals surface area contributed by atoms with Crippen LogP contribution in [-0.4, -0.2) is 25.2 Å². The van der Waals surface area contributed by atoms with E-state index in [0.717, 1.165) is 0 Å². The fourth-order valence-corrected chi connectivity index (χ4v) is 0.983. The summed E-state index contributed by atoms with van der Waals surface area (Å²) in [5.41, 5.74) is 0.976. The Morgan fingerprint density at radius 2 is 2.25 bits per heavy atom. The van der Waals surface area contributed by atoms with Gasteiger partial charge in [0.05, 0.1) is 11.3 Å². The summed E-state index contributed by atoms with van der Waals surface area (Å²) < 4.78 is 0. The quantitative estimate of drug-likeness (QED) is 0.715. The van der Waals surface area contributed by atoms with E-state index in [2.05, 4.69) is 6.07 Å². The van der Waals surface area contributed by atoms with Gasteiger partial charge >= 0.3 is 5.97 Å². The third kappa shape index (κ3) is 1.56. The van der Waals surface area contributed by atoms with Crippen molar-refractivity contribution in [2.45, 2.75) is 0 Å². The minimum atomic E-state index is -0.921. The van der Waals surface area contributed by atoms with Crippen molar-refractivity contribution in [3.05, 3.63) is 29.8 Å².